The minimum Gasteiger partial charge on any atom is -0.481 e. The van der Waals surface area contributed by atoms with Crippen LogP contribution in [0.2, 0.25) is 0 Å². The van der Waals surface area contributed by atoms with E-state index in [4.69, 9.17) is 17.2 Å². The standard InChI is InChI=1S/C65H101N17O16S/c1-9-35(7)52(81-56(90)41(21-22-49(84)85)74-57(91)42(25-33(3)4)75-62(96)47-31-99-65(80-47)51(68)34(5)6)63(97)70-24-15-14-19-39-54(88)72-40(20-16-23-66)55(89)82-53(36(8)10-2)64(98)79-43(26-37-17-12-11-13-18-37)58(92)76-44(27-38-30-69-32-71-38)59(93)78-46(29-50(86)87)61(95)77-45(28-48(67)83)60(94)73-39/h11-13,17-18,30,32-36,39-47,51-53H,9-10,14-16,19-29,31,66,68H2,1-8H3,(H2,67,83)(H,69,71)(H,70,97)(H,72,88)(H,73,94)(H,74,91)(H,75,96)(H,76,92)(H,77,95)(H,78,93)(H,79,98)(H,81,90)(H,82,89)(H,84,85)(H,86,87). The number of nitrogens with zero attached hydrogens (tertiary/aromatic N) is 2. The largest absolute Gasteiger partial charge is 0.481 e. The van der Waals surface area contributed by atoms with Crippen molar-refractivity contribution < 1.29 is 77.3 Å². The molecule has 0 radical (unpaired) electrons. The molecule has 12 amide bonds. The Bertz CT molecular complexity index is 3140. The van der Waals surface area contributed by atoms with Gasteiger partial charge < -0.3 is 90.9 Å². The Labute approximate surface area is 579 Å². The zero-order valence-electron chi connectivity index (χ0n) is 57.4. The first kappa shape index (κ1) is 82.4. The number of hydrogen-bond acceptors (Lipinski definition) is 19. The number of amides is 12. The molecular weight excluding hydrogens is 1310 g/mol. The monoisotopic (exact) mass is 1410 g/mol. The van der Waals surface area contributed by atoms with Crippen LogP contribution in [0.5, 0.6) is 0 Å². The van der Waals surface area contributed by atoms with Crippen molar-refractivity contribution in [1.29, 1.82) is 0 Å². The fourth-order valence-electron chi connectivity index (χ4n) is 10.6. The molecule has 2 aromatic rings. The predicted molar refractivity (Wildman–Crippen MR) is 365 cm³/mol. The van der Waals surface area contributed by atoms with Crippen molar-refractivity contribution in [3.8, 4) is 0 Å². The number of unbranched alkanes of at least 4 members (excludes halogenated alkanes) is 1. The van der Waals surface area contributed by atoms with E-state index in [1.165, 1.54) is 24.3 Å². The van der Waals surface area contributed by atoms with Crippen molar-refractivity contribution in [3.05, 3.63) is 54.1 Å². The van der Waals surface area contributed by atoms with Gasteiger partial charge in [0.15, 0.2) is 0 Å². The van der Waals surface area contributed by atoms with Gasteiger partial charge in [0.25, 0.3) is 0 Å². The highest BCUT2D eigenvalue weighted by Gasteiger charge is 2.40. The molecule has 0 spiro atoms. The number of aliphatic carboxylic acids is 2. The molecule has 1 saturated heterocycles. The summed E-state index contributed by atoms with van der Waals surface area (Å²) in [7, 11) is 0. The summed E-state index contributed by atoms with van der Waals surface area (Å²) >= 11 is 1.35. The van der Waals surface area contributed by atoms with Crippen LogP contribution in [-0.2, 0) is 80.0 Å². The highest BCUT2D eigenvalue weighted by Crippen LogP contribution is 2.24. The summed E-state index contributed by atoms with van der Waals surface area (Å²) in [5.41, 5.74) is 18.6. The van der Waals surface area contributed by atoms with E-state index in [0.29, 0.717) is 34.9 Å². The third-order valence-corrected chi connectivity index (χ3v) is 18.1. The van der Waals surface area contributed by atoms with E-state index in [1.807, 2.05) is 27.7 Å². The molecule has 1 aromatic heterocycles. The average molecular weight is 1410 g/mol. The van der Waals surface area contributed by atoms with E-state index in [2.05, 4.69) is 73.4 Å². The van der Waals surface area contributed by atoms with Gasteiger partial charge in [-0.15, -0.1) is 11.8 Å². The highest BCUT2D eigenvalue weighted by molar-refractivity contribution is 8.14. The first-order valence-electron chi connectivity index (χ1n) is 33.6. The van der Waals surface area contributed by atoms with Gasteiger partial charge in [0, 0.05) is 43.5 Å². The van der Waals surface area contributed by atoms with Crippen LogP contribution in [0.15, 0.2) is 47.8 Å². The summed E-state index contributed by atoms with van der Waals surface area (Å²) in [6.45, 7) is 14.2. The number of aromatic amines is 1. The lowest BCUT2D eigenvalue weighted by atomic mass is 9.96. The lowest BCUT2D eigenvalue weighted by Crippen LogP contribution is -2.61. The maximum absolute atomic E-state index is 14.7. The fraction of sp³-hybridized carbons (Fsp3) is 0.631. The summed E-state index contributed by atoms with van der Waals surface area (Å²) in [6, 6.07) is -8.07. The van der Waals surface area contributed by atoms with Crippen LogP contribution < -0.4 is 75.7 Å². The Morgan fingerprint density at radius 2 is 1.19 bits per heavy atom. The number of benzene rings is 1. The quantitative estimate of drug-likeness (QED) is 0.0335. The topological polar surface area (TPSA) is 531 Å². The van der Waals surface area contributed by atoms with Crippen LogP contribution in [0, 0.1) is 23.7 Å². The van der Waals surface area contributed by atoms with Gasteiger partial charge >= 0.3 is 11.9 Å². The Morgan fingerprint density at radius 3 is 1.75 bits per heavy atom. The van der Waals surface area contributed by atoms with Gasteiger partial charge in [0.05, 0.1) is 30.3 Å². The molecule has 14 atom stereocenters. The molecule has 548 valence electrons. The lowest BCUT2D eigenvalue weighted by Gasteiger charge is -2.29. The molecule has 2 aliphatic heterocycles. The van der Waals surface area contributed by atoms with Crippen LogP contribution in [0.4, 0.5) is 0 Å². The molecule has 20 N–H and O–H groups in total. The van der Waals surface area contributed by atoms with Crippen LogP contribution in [-0.4, -0.2) is 199 Å². The van der Waals surface area contributed by atoms with Crippen molar-refractivity contribution in [2.24, 2.45) is 45.9 Å². The number of aromatic nitrogens is 2. The Balaban J connectivity index is 1.67. The number of aliphatic imine (C=N–C) groups is 1. The van der Waals surface area contributed by atoms with Crippen LogP contribution in [0.3, 0.4) is 0 Å². The SMILES string of the molecule is CCC(C)C(NC(=O)C(CCC(=O)O)NC(=O)C(CC(C)C)NC(=O)C1CSC(C(N)C(C)C)=N1)C(=O)NCCCCC1NC(=O)C(CC(N)=O)NC(=O)C(CC(=O)O)NC(=O)C(Cc2cnc[nH]2)NC(=O)C(Cc2ccccc2)NC(=O)C(C(C)CC)NC(=O)C(CCCN)NC1=O. The van der Waals surface area contributed by atoms with Crippen molar-refractivity contribution in [3.63, 3.8) is 0 Å². The van der Waals surface area contributed by atoms with E-state index in [0.717, 1.165) is 0 Å². The second kappa shape index (κ2) is 41.4. The number of carboxylic acid groups (broad SMARTS) is 2. The Morgan fingerprint density at radius 1 is 0.636 bits per heavy atom. The fourth-order valence-corrected chi connectivity index (χ4v) is 11.9. The van der Waals surface area contributed by atoms with Crippen molar-refractivity contribution in [2.45, 2.75) is 218 Å². The number of nitrogens with one attached hydrogen (secondary N) is 12. The molecule has 0 bridgehead atoms. The third-order valence-electron chi connectivity index (χ3n) is 16.9. The van der Waals surface area contributed by atoms with Crippen molar-refractivity contribution >= 4 is 99.6 Å². The number of thioether (sulfide) groups is 1. The molecule has 1 aromatic carbocycles. The molecule has 2 aliphatic rings. The van der Waals surface area contributed by atoms with Crippen LogP contribution in [0.1, 0.15) is 144 Å². The molecule has 0 saturated carbocycles. The number of rotatable bonds is 34. The van der Waals surface area contributed by atoms with E-state index in [-0.39, 0.29) is 76.3 Å². The second-order valence-electron chi connectivity index (χ2n) is 25.8. The number of H-pyrrole nitrogens is 1. The van der Waals surface area contributed by atoms with E-state index in [9.17, 15) is 77.3 Å². The number of nitrogens with two attached hydrogens (primary N) is 3. The summed E-state index contributed by atoms with van der Waals surface area (Å²) in [5.74, 6) is -15.1. The van der Waals surface area contributed by atoms with E-state index in [1.54, 1.807) is 58.0 Å². The van der Waals surface area contributed by atoms with Gasteiger partial charge in [-0.2, -0.15) is 0 Å². The molecule has 4 rings (SSSR count). The smallest absolute Gasteiger partial charge is 0.305 e. The van der Waals surface area contributed by atoms with Crippen molar-refractivity contribution in [1.82, 2.24) is 68.5 Å². The third kappa shape index (κ3) is 27.7. The number of hydrogen-bond donors (Lipinski definition) is 17. The van der Waals surface area contributed by atoms with Gasteiger partial charge in [0.1, 0.15) is 66.5 Å². The molecule has 14 unspecified atom stereocenters. The number of carboxylic acids is 2. The maximum atomic E-state index is 14.7. The number of primary amides is 1. The second-order valence-corrected chi connectivity index (χ2v) is 26.9. The normalized spacial score (nSPS) is 22.5. The molecule has 3 heterocycles. The minimum absolute atomic E-state index is 0.00106. The first-order valence-corrected chi connectivity index (χ1v) is 34.5. The van der Waals surface area contributed by atoms with Crippen LogP contribution >= 0.6 is 11.8 Å². The minimum atomic E-state index is -2.00. The number of imidazole rings is 1. The summed E-state index contributed by atoms with van der Waals surface area (Å²) in [4.78, 5) is 205. The zero-order chi connectivity index (χ0) is 73.6. The zero-order valence-corrected chi connectivity index (χ0v) is 58.3. The van der Waals surface area contributed by atoms with Crippen LogP contribution in [0.25, 0.3) is 0 Å². The Hall–Kier alpha value is -9.05. The molecule has 99 heavy (non-hydrogen) atoms. The van der Waals surface area contributed by atoms with E-state index < -0.39 is 193 Å². The van der Waals surface area contributed by atoms with Gasteiger partial charge in [-0.25, -0.2) is 4.98 Å². The first-order chi connectivity index (χ1) is 46.8. The van der Waals surface area contributed by atoms with Gasteiger partial charge in [0.2, 0.25) is 70.9 Å². The molecule has 33 nitrogen and oxygen atoms in total. The van der Waals surface area contributed by atoms with Gasteiger partial charge in [-0.05, 0) is 80.7 Å². The summed E-state index contributed by atoms with van der Waals surface area (Å²) in [6.07, 6.45) is -0.224. The summed E-state index contributed by atoms with van der Waals surface area (Å²) < 4.78 is 0. The number of carbonyl (C=O) groups excluding carboxylic acids is 12. The lowest BCUT2D eigenvalue weighted by molar-refractivity contribution is -0.142. The molecule has 1 fully saturated rings. The maximum Gasteiger partial charge on any atom is 0.305 e. The molecule has 34 heteroatoms. The van der Waals surface area contributed by atoms with Crippen molar-refractivity contribution in [2.75, 3.05) is 18.8 Å². The molecule has 0 aliphatic carbocycles. The van der Waals surface area contributed by atoms with Gasteiger partial charge in [-0.3, -0.25) is 72.1 Å². The highest BCUT2D eigenvalue weighted by atomic mass is 32.2. The number of carbonyl (C=O) groups is 14. The van der Waals surface area contributed by atoms with Gasteiger partial charge in [-0.1, -0.05) is 98.6 Å². The molecular formula is C65H101N17O16S. The average Bonchev–Trinajstić information content (AvgIpc) is 1.80. The predicted octanol–water partition coefficient (Wildman–Crippen LogP) is -2.07. The summed E-state index contributed by atoms with van der Waals surface area (Å²) in [5, 5.41) is 48.9. The Kier molecular flexibility index (Phi) is 34.4. The van der Waals surface area contributed by atoms with E-state index >= 15 is 0 Å².